The minimum atomic E-state index is 0.725. The summed E-state index contributed by atoms with van der Waals surface area (Å²) in [6.45, 7) is 4.11. The molecule has 5 rings (SSSR count). The fraction of sp³-hybridized carbons (Fsp3) is 0.333. The lowest BCUT2D eigenvalue weighted by molar-refractivity contribution is 0.183. The second kappa shape index (κ2) is 8.32. The summed E-state index contributed by atoms with van der Waals surface area (Å²) in [6, 6.07) is 12.0. The van der Waals surface area contributed by atoms with Crippen molar-refractivity contribution in [2.75, 3.05) is 26.2 Å². The number of ether oxygens (including phenoxy) is 1. The van der Waals surface area contributed by atoms with Gasteiger partial charge in [0.25, 0.3) is 0 Å². The van der Waals surface area contributed by atoms with Gasteiger partial charge in [0.05, 0.1) is 6.20 Å². The van der Waals surface area contributed by atoms with E-state index in [1.54, 1.807) is 4.68 Å². The van der Waals surface area contributed by atoms with Crippen LogP contribution < -0.4 is 4.74 Å². The van der Waals surface area contributed by atoms with Crippen molar-refractivity contribution in [1.82, 2.24) is 19.7 Å². The maximum Gasteiger partial charge on any atom is 0.161 e. The van der Waals surface area contributed by atoms with E-state index in [1.165, 1.54) is 32.4 Å². The Kier molecular flexibility index (Phi) is 5.24. The number of furan rings is 1. The lowest BCUT2D eigenvalue weighted by Crippen LogP contribution is -2.33. The van der Waals surface area contributed by atoms with Crippen LogP contribution in [0.3, 0.4) is 0 Å². The highest BCUT2D eigenvalue weighted by molar-refractivity contribution is 5.92. The largest absolute Gasteiger partial charge is 0.492 e. The average Bonchev–Trinajstić information content (AvgIpc) is 3.41. The first-order chi connectivity index (χ1) is 14.8. The monoisotopic (exact) mass is 402 g/mol. The molecule has 4 heterocycles. The molecule has 0 spiro atoms. The van der Waals surface area contributed by atoms with Crippen molar-refractivity contribution in [2.24, 2.45) is 7.05 Å². The molecule has 0 atom stereocenters. The van der Waals surface area contributed by atoms with Crippen molar-refractivity contribution in [3.8, 4) is 28.2 Å². The molecule has 1 saturated heterocycles. The van der Waals surface area contributed by atoms with Gasteiger partial charge in [0.15, 0.2) is 5.58 Å². The van der Waals surface area contributed by atoms with Crippen LogP contribution in [0.15, 0.2) is 59.4 Å². The van der Waals surface area contributed by atoms with Crippen molar-refractivity contribution in [1.29, 1.82) is 0 Å². The Morgan fingerprint density at radius 3 is 2.63 bits per heavy atom. The zero-order valence-electron chi connectivity index (χ0n) is 17.3. The van der Waals surface area contributed by atoms with Crippen LogP contribution in [0.1, 0.15) is 19.3 Å². The molecule has 30 heavy (non-hydrogen) atoms. The van der Waals surface area contributed by atoms with Gasteiger partial charge in [-0.2, -0.15) is 5.10 Å². The maximum atomic E-state index is 6.20. The standard InChI is InChI=1S/C24H26N4O2/c1-27-17-19(16-26-27)21-9-10-25-22-15-23(30-24(21)22)18-5-7-20(8-6-18)29-14-13-28-11-3-2-4-12-28/h5-10,15-17H,2-4,11-14H2,1H3. The smallest absolute Gasteiger partial charge is 0.161 e. The summed E-state index contributed by atoms with van der Waals surface area (Å²) >= 11 is 0. The summed E-state index contributed by atoms with van der Waals surface area (Å²) in [7, 11) is 1.91. The summed E-state index contributed by atoms with van der Waals surface area (Å²) in [5.41, 5.74) is 4.64. The van der Waals surface area contributed by atoms with Crippen molar-refractivity contribution in [3.63, 3.8) is 0 Å². The molecule has 1 aromatic carbocycles. The van der Waals surface area contributed by atoms with Gasteiger partial charge in [-0.3, -0.25) is 14.6 Å². The Morgan fingerprint density at radius 1 is 1.03 bits per heavy atom. The molecule has 0 N–H and O–H groups in total. The molecule has 4 aromatic rings. The number of aryl methyl sites for hydroxylation is 1. The third-order valence-corrected chi connectivity index (χ3v) is 5.69. The van der Waals surface area contributed by atoms with E-state index in [1.807, 2.05) is 62.0 Å². The van der Waals surface area contributed by atoms with E-state index in [4.69, 9.17) is 9.15 Å². The van der Waals surface area contributed by atoms with Crippen LogP contribution in [-0.2, 0) is 7.05 Å². The number of nitrogens with zero attached hydrogens (tertiary/aromatic N) is 4. The van der Waals surface area contributed by atoms with Gasteiger partial charge in [-0.1, -0.05) is 6.42 Å². The summed E-state index contributed by atoms with van der Waals surface area (Å²) in [5.74, 6) is 1.69. The minimum absolute atomic E-state index is 0.725. The summed E-state index contributed by atoms with van der Waals surface area (Å²) < 4.78 is 13.9. The van der Waals surface area contributed by atoms with E-state index in [2.05, 4.69) is 15.0 Å². The fourth-order valence-electron chi connectivity index (χ4n) is 4.06. The van der Waals surface area contributed by atoms with Crippen LogP contribution in [0.2, 0.25) is 0 Å². The van der Waals surface area contributed by atoms with Crippen LogP contribution in [0.5, 0.6) is 5.75 Å². The first-order valence-electron chi connectivity index (χ1n) is 10.6. The molecular formula is C24H26N4O2. The highest BCUT2D eigenvalue weighted by atomic mass is 16.5. The molecule has 1 aliphatic heterocycles. The van der Waals surface area contributed by atoms with Gasteiger partial charge in [-0.15, -0.1) is 0 Å². The first kappa shape index (κ1) is 18.9. The van der Waals surface area contributed by atoms with E-state index in [0.29, 0.717) is 0 Å². The van der Waals surface area contributed by atoms with Gasteiger partial charge in [0, 0.05) is 48.7 Å². The van der Waals surface area contributed by atoms with Crippen molar-refractivity contribution in [3.05, 3.63) is 55.0 Å². The Labute approximate surface area is 176 Å². The molecule has 154 valence electrons. The number of hydrogen-bond donors (Lipinski definition) is 0. The molecule has 0 saturated carbocycles. The molecule has 0 radical (unpaired) electrons. The van der Waals surface area contributed by atoms with Crippen LogP contribution in [0.25, 0.3) is 33.6 Å². The van der Waals surface area contributed by atoms with Gasteiger partial charge in [-0.05, 0) is 56.3 Å². The third kappa shape index (κ3) is 3.96. The number of aromatic nitrogens is 3. The van der Waals surface area contributed by atoms with Crippen molar-refractivity contribution < 1.29 is 9.15 Å². The van der Waals surface area contributed by atoms with E-state index in [9.17, 15) is 0 Å². The predicted octanol–water partition coefficient (Wildman–Crippen LogP) is 4.76. The van der Waals surface area contributed by atoms with E-state index < -0.39 is 0 Å². The molecule has 0 aliphatic carbocycles. The van der Waals surface area contributed by atoms with E-state index in [0.717, 1.165) is 52.5 Å². The Hall–Kier alpha value is -3.12. The Morgan fingerprint density at radius 2 is 1.87 bits per heavy atom. The van der Waals surface area contributed by atoms with Crippen LogP contribution >= 0.6 is 0 Å². The molecule has 0 unspecified atom stereocenters. The molecular weight excluding hydrogens is 376 g/mol. The molecule has 1 fully saturated rings. The SMILES string of the molecule is Cn1cc(-c2ccnc3cc(-c4ccc(OCCN5CCCCC5)cc4)oc23)cn1. The Bertz CT molecular complexity index is 1120. The van der Waals surface area contributed by atoms with Gasteiger partial charge in [0.1, 0.15) is 23.6 Å². The predicted molar refractivity (Wildman–Crippen MR) is 117 cm³/mol. The Balaban J connectivity index is 1.30. The molecule has 0 amide bonds. The molecule has 0 bridgehead atoms. The summed E-state index contributed by atoms with van der Waals surface area (Å²) in [5, 5.41) is 4.27. The number of piperidine rings is 1. The maximum absolute atomic E-state index is 6.20. The number of likely N-dealkylation sites (tertiary alicyclic amines) is 1. The lowest BCUT2D eigenvalue weighted by atomic mass is 10.1. The minimum Gasteiger partial charge on any atom is -0.492 e. The number of hydrogen-bond acceptors (Lipinski definition) is 5. The zero-order chi connectivity index (χ0) is 20.3. The van der Waals surface area contributed by atoms with Crippen molar-refractivity contribution in [2.45, 2.75) is 19.3 Å². The number of rotatable bonds is 6. The third-order valence-electron chi connectivity index (χ3n) is 5.69. The molecule has 1 aliphatic rings. The summed E-state index contributed by atoms with van der Waals surface area (Å²) in [6.07, 6.45) is 9.61. The van der Waals surface area contributed by atoms with E-state index in [-0.39, 0.29) is 0 Å². The average molecular weight is 402 g/mol. The topological polar surface area (TPSA) is 56.3 Å². The number of fused-ring (bicyclic) bond motifs is 1. The quantitative estimate of drug-likeness (QED) is 0.465. The zero-order valence-corrected chi connectivity index (χ0v) is 17.3. The van der Waals surface area contributed by atoms with Gasteiger partial charge >= 0.3 is 0 Å². The van der Waals surface area contributed by atoms with Crippen LogP contribution in [0.4, 0.5) is 0 Å². The highest BCUT2D eigenvalue weighted by Crippen LogP contribution is 2.33. The second-order valence-electron chi connectivity index (χ2n) is 7.86. The number of pyridine rings is 1. The van der Waals surface area contributed by atoms with Gasteiger partial charge in [-0.25, -0.2) is 0 Å². The van der Waals surface area contributed by atoms with Crippen LogP contribution in [0, 0.1) is 0 Å². The highest BCUT2D eigenvalue weighted by Gasteiger charge is 2.14. The lowest BCUT2D eigenvalue weighted by Gasteiger charge is -2.26. The molecule has 6 heteroatoms. The molecule has 6 nitrogen and oxygen atoms in total. The first-order valence-corrected chi connectivity index (χ1v) is 10.6. The fourth-order valence-corrected chi connectivity index (χ4v) is 4.06. The van der Waals surface area contributed by atoms with Gasteiger partial charge in [0.2, 0.25) is 0 Å². The number of benzene rings is 1. The normalized spacial score (nSPS) is 15.0. The summed E-state index contributed by atoms with van der Waals surface area (Å²) in [4.78, 5) is 6.96. The molecule has 3 aromatic heterocycles. The van der Waals surface area contributed by atoms with Gasteiger partial charge < -0.3 is 9.15 Å². The van der Waals surface area contributed by atoms with E-state index >= 15 is 0 Å². The second-order valence-corrected chi connectivity index (χ2v) is 7.86. The van der Waals surface area contributed by atoms with Crippen LogP contribution in [-0.4, -0.2) is 45.9 Å². The van der Waals surface area contributed by atoms with Crippen molar-refractivity contribution >= 4 is 11.1 Å².